The normalized spacial score (nSPS) is 13.4. The summed E-state index contributed by atoms with van der Waals surface area (Å²) < 4.78 is 27.7. The maximum atomic E-state index is 12.9. The molecule has 2 aromatic carbocycles. The van der Waals surface area contributed by atoms with Gasteiger partial charge in [-0.25, -0.2) is 8.42 Å². The van der Waals surface area contributed by atoms with Crippen LogP contribution in [0.5, 0.6) is 0 Å². The van der Waals surface area contributed by atoms with Crippen LogP contribution < -0.4 is 10.0 Å². The lowest BCUT2D eigenvalue weighted by Crippen LogP contribution is -2.46. The maximum Gasteiger partial charge on any atom is 0.241 e. The number of hydrogen-bond acceptors (Lipinski definition) is 4. The first-order valence-corrected chi connectivity index (χ1v) is 11.6. The Hall–Kier alpha value is -3.03. The van der Waals surface area contributed by atoms with Gasteiger partial charge in [0.25, 0.3) is 0 Å². The molecule has 2 N–H and O–H groups in total. The number of aryl methyl sites for hydroxylation is 2. The second-order valence-corrected chi connectivity index (χ2v) is 9.38. The minimum absolute atomic E-state index is 0.124. The molecule has 0 aliphatic rings. The van der Waals surface area contributed by atoms with Gasteiger partial charge in [-0.05, 0) is 57.0 Å². The summed E-state index contributed by atoms with van der Waals surface area (Å²) in [6.45, 7) is 5.43. The van der Waals surface area contributed by atoms with E-state index in [9.17, 15) is 13.2 Å². The number of nitrogens with zero attached hydrogens (tertiary/aromatic N) is 1. The second kappa shape index (κ2) is 9.85. The molecular weight excluding hydrogens is 410 g/mol. The fourth-order valence-corrected chi connectivity index (χ4v) is 4.34. The van der Waals surface area contributed by atoms with E-state index in [4.69, 9.17) is 0 Å². The standard InChI is InChI=1S/C24H27N3O3S/c1-17-7-11-20(12-8-17)16-23(22-6-4-5-15-25-22)26-24(28)19(3)27-31(29,30)21-13-9-18(2)10-14-21/h4-15,19,23,27H,16H2,1-3H3,(H,26,28)/t19-,23?/m0/s1. The number of sulfonamides is 1. The first kappa shape index (κ1) is 22.7. The highest BCUT2D eigenvalue weighted by Crippen LogP contribution is 2.18. The van der Waals surface area contributed by atoms with Gasteiger partial charge in [0.2, 0.25) is 15.9 Å². The molecule has 1 unspecified atom stereocenters. The number of benzene rings is 2. The molecule has 162 valence electrons. The van der Waals surface area contributed by atoms with Crippen molar-refractivity contribution >= 4 is 15.9 Å². The van der Waals surface area contributed by atoms with Crippen LogP contribution in [0.2, 0.25) is 0 Å². The third-order valence-corrected chi connectivity index (χ3v) is 6.53. The Bertz CT molecular complexity index is 1110. The summed E-state index contributed by atoms with van der Waals surface area (Å²) in [6, 6.07) is 18.7. The first-order valence-electron chi connectivity index (χ1n) is 10.1. The molecular formula is C24H27N3O3S. The Morgan fingerprint density at radius 2 is 1.55 bits per heavy atom. The fraction of sp³-hybridized carbons (Fsp3) is 0.250. The van der Waals surface area contributed by atoms with Crippen LogP contribution in [0.25, 0.3) is 0 Å². The molecule has 0 aliphatic carbocycles. The lowest BCUT2D eigenvalue weighted by atomic mass is 10.0. The van der Waals surface area contributed by atoms with Gasteiger partial charge in [-0.15, -0.1) is 0 Å². The van der Waals surface area contributed by atoms with E-state index in [2.05, 4.69) is 15.0 Å². The van der Waals surface area contributed by atoms with Gasteiger partial charge in [0.1, 0.15) is 0 Å². The number of nitrogens with one attached hydrogen (secondary N) is 2. The van der Waals surface area contributed by atoms with E-state index in [1.807, 2.05) is 56.3 Å². The molecule has 0 aliphatic heterocycles. The topological polar surface area (TPSA) is 88.2 Å². The third kappa shape index (κ3) is 6.23. The minimum Gasteiger partial charge on any atom is -0.346 e. The van der Waals surface area contributed by atoms with Gasteiger partial charge >= 0.3 is 0 Å². The summed E-state index contributed by atoms with van der Waals surface area (Å²) in [6.07, 6.45) is 2.22. The summed E-state index contributed by atoms with van der Waals surface area (Å²) in [7, 11) is -3.81. The van der Waals surface area contributed by atoms with Crippen molar-refractivity contribution in [3.05, 3.63) is 95.3 Å². The van der Waals surface area contributed by atoms with Crippen LogP contribution in [0, 0.1) is 13.8 Å². The molecule has 3 rings (SSSR count). The molecule has 1 heterocycles. The fourth-order valence-electron chi connectivity index (χ4n) is 3.14. The lowest BCUT2D eigenvalue weighted by Gasteiger charge is -2.21. The SMILES string of the molecule is Cc1ccc(CC(NC(=O)[C@H](C)NS(=O)(=O)c2ccc(C)cc2)c2ccccn2)cc1. The van der Waals surface area contributed by atoms with Gasteiger partial charge in [-0.3, -0.25) is 9.78 Å². The van der Waals surface area contributed by atoms with Crippen molar-refractivity contribution in [2.75, 3.05) is 0 Å². The summed E-state index contributed by atoms with van der Waals surface area (Å²) in [5.74, 6) is -0.418. The van der Waals surface area contributed by atoms with Crippen molar-refractivity contribution in [2.45, 2.75) is 44.2 Å². The van der Waals surface area contributed by atoms with Crippen LogP contribution in [-0.2, 0) is 21.2 Å². The predicted octanol–water partition coefficient (Wildman–Crippen LogP) is 3.47. The summed E-state index contributed by atoms with van der Waals surface area (Å²) in [4.78, 5) is 17.4. The van der Waals surface area contributed by atoms with Crippen LogP contribution in [0.4, 0.5) is 0 Å². The number of rotatable bonds is 8. The Balaban J connectivity index is 1.74. The summed E-state index contributed by atoms with van der Waals surface area (Å²) in [5, 5.41) is 2.95. The molecule has 1 amide bonds. The molecule has 0 spiro atoms. The van der Waals surface area contributed by atoms with Crippen LogP contribution in [-0.4, -0.2) is 25.4 Å². The zero-order chi connectivity index (χ0) is 22.4. The quantitative estimate of drug-likeness (QED) is 0.565. The van der Waals surface area contributed by atoms with Crippen molar-refractivity contribution < 1.29 is 13.2 Å². The number of hydrogen-bond donors (Lipinski definition) is 2. The maximum absolute atomic E-state index is 12.9. The van der Waals surface area contributed by atoms with E-state index in [0.29, 0.717) is 12.1 Å². The van der Waals surface area contributed by atoms with E-state index < -0.39 is 22.0 Å². The van der Waals surface area contributed by atoms with Gasteiger partial charge in [-0.1, -0.05) is 53.6 Å². The van der Waals surface area contributed by atoms with E-state index in [1.54, 1.807) is 18.3 Å². The first-order chi connectivity index (χ1) is 14.7. The zero-order valence-electron chi connectivity index (χ0n) is 17.9. The number of aromatic nitrogens is 1. The third-order valence-electron chi connectivity index (χ3n) is 4.98. The average molecular weight is 438 g/mol. The van der Waals surface area contributed by atoms with Crippen molar-refractivity contribution in [3.63, 3.8) is 0 Å². The van der Waals surface area contributed by atoms with E-state index >= 15 is 0 Å². The van der Waals surface area contributed by atoms with E-state index in [0.717, 1.165) is 16.7 Å². The van der Waals surface area contributed by atoms with Crippen LogP contribution in [0.3, 0.4) is 0 Å². The van der Waals surface area contributed by atoms with Crippen molar-refractivity contribution in [1.82, 2.24) is 15.0 Å². The lowest BCUT2D eigenvalue weighted by molar-refractivity contribution is -0.123. The summed E-state index contributed by atoms with van der Waals surface area (Å²) >= 11 is 0. The van der Waals surface area contributed by atoms with Gasteiger partial charge in [-0.2, -0.15) is 4.72 Å². The highest BCUT2D eigenvalue weighted by Gasteiger charge is 2.25. The Kier molecular flexibility index (Phi) is 7.20. The summed E-state index contributed by atoms with van der Waals surface area (Å²) in [5.41, 5.74) is 3.87. The average Bonchev–Trinajstić information content (AvgIpc) is 2.75. The van der Waals surface area contributed by atoms with Gasteiger partial charge < -0.3 is 5.32 Å². The van der Waals surface area contributed by atoms with E-state index in [-0.39, 0.29) is 10.9 Å². The second-order valence-electron chi connectivity index (χ2n) is 7.66. The highest BCUT2D eigenvalue weighted by atomic mass is 32.2. The molecule has 31 heavy (non-hydrogen) atoms. The van der Waals surface area contributed by atoms with Crippen molar-refractivity contribution in [1.29, 1.82) is 0 Å². The molecule has 0 saturated carbocycles. The number of carbonyl (C=O) groups is 1. The predicted molar refractivity (Wildman–Crippen MR) is 121 cm³/mol. The van der Waals surface area contributed by atoms with Gasteiger partial charge in [0.15, 0.2) is 0 Å². The molecule has 0 radical (unpaired) electrons. The molecule has 1 aromatic heterocycles. The molecule has 6 nitrogen and oxygen atoms in total. The van der Waals surface area contributed by atoms with Gasteiger partial charge in [0, 0.05) is 6.20 Å². The van der Waals surface area contributed by atoms with Crippen LogP contribution in [0.15, 0.2) is 77.8 Å². The number of pyridine rings is 1. The van der Waals surface area contributed by atoms with Crippen LogP contribution >= 0.6 is 0 Å². The minimum atomic E-state index is -3.81. The Morgan fingerprint density at radius 3 is 2.13 bits per heavy atom. The number of carbonyl (C=O) groups excluding carboxylic acids is 1. The van der Waals surface area contributed by atoms with Crippen molar-refractivity contribution in [2.24, 2.45) is 0 Å². The molecule has 0 bridgehead atoms. The Morgan fingerprint density at radius 1 is 0.935 bits per heavy atom. The smallest absolute Gasteiger partial charge is 0.241 e. The van der Waals surface area contributed by atoms with Crippen LogP contribution in [0.1, 0.15) is 35.3 Å². The van der Waals surface area contributed by atoms with E-state index in [1.165, 1.54) is 19.1 Å². The monoisotopic (exact) mass is 437 g/mol. The molecule has 0 fully saturated rings. The Labute approximate surface area is 183 Å². The van der Waals surface area contributed by atoms with Gasteiger partial charge in [0.05, 0.1) is 22.7 Å². The zero-order valence-corrected chi connectivity index (χ0v) is 18.7. The molecule has 0 saturated heterocycles. The van der Waals surface area contributed by atoms with Crippen molar-refractivity contribution in [3.8, 4) is 0 Å². The molecule has 3 aromatic rings. The number of amides is 1. The highest BCUT2D eigenvalue weighted by molar-refractivity contribution is 7.89. The largest absolute Gasteiger partial charge is 0.346 e. The molecule has 7 heteroatoms. The molecule has 2 atom stereocenters.